The van der Waals surface area contributed by atoms with E-state index in [1.54, 1.807) is 11.9 Å². The van der Waals surface area contributed by atoms with E-state index in [9.17, 15) is 9.59 Å². The van der Waals surface area contributed by atoms with Crippen molar-refractivity contribution in [3.05, 3.63) is 71.8 Å². The predicted molar refractivity (Wildman–Crippen MR) is 93.5 cm³/mol. The molecule has 1 saturated heterocycles. The first kappa shape index (κ1) is 16.2. The highest BCUT2D eigenvalue weighted by molar-refractivity contribution is 5.89. The van der Waals surface area contributed by atoms with Gasteiger partial charge in [-0.05, 0) is 17.5 Å². The monoisotopic (exact) mass is 322 g/mol. The van der Waals surface area contributed by atoms with E-state index in [1.807, 2.05) is 60.7 Å². The quantitative estimate of drug-likeness (QED) is 0.920. The third-order valence-electron chi connectivity index (χ3n) is 4.56. The average Bonchev–Trinajstić information content (AvgIpc) is 2.93. The zero-order valence-corrected chi connectivity index (χ0v) is 13.8. The van der Waals surface area contributed by atoms with Crippen molar-refractivity contribution >= 4 is 11.8 Å². The van der Waals surface area contributed by atoms with Gasteiger partial charge in [0.1, 0.15) is 6.04 Å². The van der Waals surface area contributed by atoms with Crippen LogP contribution in [0.3, 0.4) is 0 Å². The summed E-state index contributed by atoms with van der Waals surface area (Å²) in [6.07, 6.45) is 1.02. The van der Waals surface area contributed by atoms with E-state index >= 15 is 0 Å². The number of hydrogen-bond donors (Lipinski definition) is 1. The molecule has 2 aromatic rings. The summed E-state index contributed by atoms with van der Waals surface area (Å²) >= 11 is 0. The Morgan fingerprint density at radius 2 is 1.62 bits per heavy atom. The van der Waals surface area contributed by atoms with Gasteiger partial charge in [-0.2, -0.15) is 0 Å². The number of likely N-dealkylation sites (tertiary alicyclic amines) is 1. The lowest BCUT2D eigenvalue weighted by Gasteiger charge is -2.19. The van der Waals surface area contributed by atoms with Gasteiger partial charge in [0.05, 0.1) is 0 Å². The number of likely N-dealkylation sites (N-methyl/N-ethyl adjacent to an activating group) is 1. The van der Waals surface area contributed by atoms with Crippen molar-refractivity contribution in [3.63, 3.8) is 0 Å². The van der Waals surface area contributed by atoms with Crippen molar-refractivity contribution in [2.75, 3.05) is 13.6 Å². The van der Waals surface area contributed by atoms with Crippen LogP contribution in [0.25, 0.3) is 0 Å². The van der Waals surface area contributed by atoms with E-state index in [4.69, 9.17) is 0 Å². The molecule has 2 amide bonds. The molecule has 1 atom stereocenters. The second kappa shape index (κ2) is 7.30. The third-order valence-corrected chi connectivity index (χ3v) is 4.56. The van der Waals surface area contributed by atoms with E-state index in [1.165, 1.54) is 0 Å². The third kappa shape index (κ3) is 3.65. The molecule has 1 N–H and O–H groups in total. The highest BCUT2D eigenvalue weighted by atomic mass is 16.2. The summed E-state index contributed by atoms with van der Waals surface area (Å²) < 4.78 is 0. The van der Waals surface area contributed by atoms with Gasteiger partial charge in [0.2, 0.25) is 11.8 Å². The maximum atomic E-state index is 12.5. The molecule has 1 aliphatic rings. The van der Waals surface area contributed by atoms with Gasteiger partial charge >= 0.3 is 0 Å². The zero-order valence-electron chi connectivity index (χ0n) is 13.8. The smallest absolute Gasteiger partial charge is 0.244 e. The average molecular weight is 322 g/mol. The molecule has 1 heterocycles. The fourth-order valence-corrected chi connectivity index (χ4v) is 3.19. The predicted octanol–water partition coefficient (Wildman–Crippen LogP) is 2.56. The molecule has 0 spiro atoms. The number of rotatable bonds is 5. The van der Waals surface area contributed by atoms with Gasteiger partial charge in [-0.3, -0.25) is 9.59 Å². The number of nitrogens with one attached hydrogen (secondary N) is 1. The van der Waals surface area contributed by atoms with Crippen LogP contribution < -0.4 is 5.32 Å². The molecule has 1 unspecified atom stereocenters. The van der Waals surface area contributed by atoms with Crippen molar-refractivity contribution in [1.82, 2.24) is 10.2 Å². The molecule has 24 heavy (non-hydrogen) atoms. The fourth-order valence-electron chi connectivity index (χ4n) is 3.19. The minimum absolute atomic E-state index is 0.000628. The first-order chi connectivity index (χ1) is 11.6. The van der Waals surface area contributed by atoms with Crippen LogP contribution in [-0.4, -0.2) is 36.3 Å². The molecule has 0 bridgehead atoms. The summed E-state index contributed by atoms with van der Waals surface area (Å²) in [5.41, 5.74) is 2.21. The van der Waals surface area contributed by atoms with Crippen LogP contribution >= 0.6 is 0 Å². The molecule has 4 nitrogen and oxygen atoms in total. The maximum absolute atomic E-state index is 12.5. The van der Waals surface area contributed by atoms with Gasteiger partial charge < -0.3 is 10.2 Å². The van der Waals surface area contributed by atoms with Crippen molar-refractivity contribution < 1.29 is 9.59 Å². The first-order valence-corrected chi connectivity index (χ1v) is 8.29. The molecular formula is C20H22N2O2. The van der Waals surface area contributed by atoms with E-state index in [-0.39, 0.29) is 23.8 Å². The fraction of sp³-hybridized carbons (Fsp3) is 0.300. The number of amides is 2. The van der Waals surface area contributed by atoms with E-state index in [0.717, 1.165) is 11.1 Å². The molecule has 1 aliphatic heterocycles. The van der Waals surface area contributed by atoms with Gasteiger partial charge in [-0.1, -0.05) is 60.7 Å². The minimum Gasteiger partial charge on any atom is -0.344 e. The molecule has 124 valence electrons. The molecule has 2 aromatic carbocycles. The summed E-state index contributed by atoms with van der Waals surface area (Å²) in [5, 5.41) is 2.90. The molecule has 3 rings (SSSR count). The summed E-state index contributed by atoms with van der Waals surface area (Å²) in [5.74, 6) is -0.0951. The van der Waals surface area contributed by atoms with Crippen LogP contribution in [0, 0.1) is 0 Å². The molecule has 0 radical (unpaired) electrons. The van der Waals surface area contributed by atoms with Gasteiger partial charge in [0.25, 0.3) is 0 Å². The Bertz CT molecular complexity index is 661. The van der Waals surface area contributed by atoms with Crippen LogP contribution in [0.2, 0.25) is 0 Å². The Morgan fingerprint density at radius 3 is 2.08 bits per heavy atom. The molecule has 4 heteroatoms. The summed E-state index contributed by atoms with van der Waals surface area (Å²) in [6.45, 7) is 0.699. The standard InChI is InChI=1S/C20H22N2O2/c1-22-13-12-18(20(22)24)21-19(23)14-17(15-8-4-2-5-9-15)16-10-6-3-7-11-16/h2-11,17-18H,12-14H2,1H3,(H,21,23). The largest absolute Gasteiger partial charge is 0.344 e. The minimum atomic E-state index is -0.380. The van der Waals surface area contributed by atoms with E-state index < -0.39 is 0 Å². The number of carbonyl (C=O) groups excluding carboxylic acids is 2. The van der Waals surface area contributed by atoms with Crippen molar-refractivity contribution in [3.8, 4) is 0 Å². The number of nitrogens with zero attached hydrogens (tertiary/aromatic N) is 1. The Balaban J connectivity index is 1.75. The van der Waals surface area contributed by atoms with Crippen LogP contribution in [-0.2, 0) is 9.59 Å². The Hall–Kier alpha value is -2.62. The van der Waals surface area contributed by atoms with Crippen LogP contribution in [0.4, 0.5) is 0 Å². The lowest BCUT2D eigenvalue weighted by molar-refractivity contribution is -0.131. The Kier molecular flexibility index (Phi) is 4.94. The van der Waals surface area contributed by atoms with Crippen molar-refractivity contribution in [1.29, 1.82) is 0 Å². The molecule has 1 fully saturated rings. The van der Waals surface area contributed by atoms with Crippen molar-refractivity contribution in [2.24, 2.45) is 0 Å². The van der Waals surface area contributed by atoms with E-state index in [2.05, 4.69) is 5.32 Å². The maximum Gasteiger partial charge on any atom is 0.244 e. The number of carbonyl (C=O) groups is 2. The van der Waals surface area contributed by atoms with Crippen LogP contribution in [0.5, 0.6) is 0 Å². The lowest BCUT2D eigenvalue weighted by Crippen LogP contribution is -2.41. The molecular weight excluding hydrogens is 300 g/mol. The van der Waals surface area contributed by atoms with E-state index in [0.29, 0.717) is 19.4 Å². The Morgan fingerprint density at radius 1 is 1.08 bits per heavy atom. The van der Waals surface area contributed by atoms with Gasteiger partial charge in [0, 0.05) is 25.9 Å². The van der Waals surface area contributed by atoms with Gasteiger partial charge in [-0.15, -0.1) is 0 Å². The summed E-state index contributed by atoms with van der Waals surface area (Å²) in [6, 6.07) is 19.7. The summed E-state index contributed by atoms with van der Waals surface area (Å²) in [7, 11) is 1.77. The second-order valence-electron chi connectivity index (χ2n) is 6.25. The van der Waals surface area contributed by atoms with Crippen molar-refractivity contribution in [2.45, 2.75) is 24.8 Å². The number of hydrogen-bond acceptors (Lipinski definition) is 2. The normalized spacial score (nSPS) is 17.3. The highest BCUT2D eigenvalue weighted by Gasteiger charge is 2.30. The molecule has 0 aromatic heterocycles. The lowest BCUT2D eigenvalue weighted by atomic mass is 9.88. The molecule has 0 aliphatic carbocycles. The van der Waals surface area contributed by atoms with Gasteiger partial charge in [0.15, 0.2) is 0 Å². The first-order valence-electron chi connectivity index (χ1n) is 8.29. The molecule has 0 saturated carbocycles. The Labute approximate surface area is 142 Å². The van der Waals surface area contributed by atoms with Crippen LogP contribution in [0.15, 0.2) is 60.7 Å². The van der Waals surface area contributed by atoms with Crippen LogP contribution in [0.1, 0.15) is 29.9 Å². The highest BCUT2D eigenvalue weighted by Crippen LogP contribution is 2.28. The summed E-state index contributed by atoms with van der Waals surface area (Å²) in [4.78, 5) is 26.2. The van der Waals surface area contributed by atoms with Gasteiger partial charge in [-0.25, -0.2) is 0 Å². The number of benzene rings is 2. The second-order valence-corrected chi connectivity index (χ2v) is 6.25. The zero-order chi connectivity index (χ0) is 16.9. The SMILES string of the molecule is CN1CCC(NC(=O)CC(c2ccccc2)c2ccccc2)C1=O. The topological polar surface area (TPSA) is 49.4 Å².